The summed E-state index contributed by atoms with van der Waals surface area (Å²) in [6, 6.07) is 6.32. The summed E-state index contributed by atoms with van der Waals surface area (Å²) in [5, 5.41) is 2.72. The molecule has 2 aromatic carbocycles. The predicted molar refractivity (Wildman–Crippen MR) is 107 cm³/mol. The molecule has 1 aliphatic carbocycles. The molecule has 0 spiro atoms. The van der Waals surface area contributed by atoms with Crippen molar-refractivity contribution in [3.8, 4) is 0 Å². The zero-order valence-corrected chi connectivity index (χ0v) is 17.1. The SMILES string of the molecule is O=C(Nc1nc2ccc(F)cc2s1)c1cc(S(=O)(=O)NC2CC2)c(Cl)cc1Cl. The Balaban J connectivity index is 1.65. The number of carbonyl (C=O) groups is 1. The minimum Gasteiger partial charge on any atom is -0.298 e. The van der Waals surface area contributed by atoms with E-state index >= 15 is 0 Å². The third kappa shape index (κ3) is 3.99. The molecule has 1 fully saturated rings. The summed E-state index contributed by atoms with van der Waals surface area (Å²) >= 11 is 13.2. The third-order valence-electron chi connectivity index (χ3n) is 4.03. The van der Waals surface area contributed by atoms with Crippen molar-refractivity contribution in [2.75, 3.05) is 5.32 Å². The predicted octanol–water partition coefficient (Wildman–Crippen LogP) is 4.44. The van der Waals surface area contributed by atoms with Gasteiger partial charge in [0.2, 0.25) is 10.0 Å². The molecular formula is C17H12Cl2FN3O3S2. The Labute approximate surface area is 173 Å². The molecule has 0 atom stereocenters. The molecule has 1 aromatic heterocycles. The molecular weight excluding hydrogens is 448 g/mol. The first-order valence-electron chi connectivity index (χ1n) is 8.12. The molecule has 1 aliphatic rings. The Kier molecular flexibility index (Phi) is 5.05. The zero-order chi connectivity index (χ0) is 20.1. The van der Waals surface area contributed by atoms with Crippen molar-refractivity contribution in [2.45, 2.75) is 23.8 Å². The van der Waals surface area contributed by atoms with Crippen LogP contribution in [-0.2, 0) is 10.0 Å². The van der Waals surface area contributed by atoms with Gasteiger partial charge in [-0.25, -0.2) is 22.5 Å². The van der Waals surface area contributed by atoms with Crippen LogP contribution in [0.2, 0.25) is 10.0 Å². The lowest BCUT2D eigenvalue weighted by Gasteiger charge is -2.11. The summed E-state index contributed by atoms with van der Waals surface area (Å²) in [5.41, 5.74) is 0.466. The summed E-state index contributed by atoms with van der Waals surface area (Å²) in [6.45, 7) is 0. The van der Waals surface area contributed by atoms with Crippen molar-refractivity contribution < 1.29 is 17.6 Å². The second-order valence-electron chi connectivity index (χ2n) is 6.24. The standard InChI is InChI=1S/C17H12Cl2FN3O3S2/c18-11-7-12(19)15(28(25,26)23-9-2-3-9)6-10(11)16(24)22-17-21-13-4-1-8(20)5-14(13)27-17/h1,4-7,9,23H,2-3H2,(H,21,22,24). The molecule has 146 valence electrons. The smallest absolute Gasteiger partial charge is 0.259 e. The highest BCUT2D eigenvalue weighted by molar-refractivity contribution is 7.89. The fourth-order valence-electron chi connectivity index (χ4n) is 2.51. The second kappa shape index (κ2) is 7.23. The number of thiazole rings is 1. The molecule has 0 unspecified atom stereocenters. The largest absolute Gasteiger partial charge is 0.298 e. The fraction of sp³-hybridized carbons (Fsp3) is 0.176. The van der Waals surface area contributed by atoms with Crippen LogP contribution in [0.5, 0.6) is 0 Å². The minimum absolute atomic E-state index is 0.0000255. The van der Waals surface area contributed by atoms with Gasteiger partial charge < -0.3 is 0 Å². The summed E-state index contributed by atoms with van der Waals surface area (Å²) in [6.07, 6.45) is 1.52. The van der Waals surface area contributed by atoms with E-state index in [0.717, 1.165) is 30.2 Å². The lowest BCUT2D eigenvalue weighted by Crippen LogP contribution is -2.26. The number of rotatable bonds is 5. The first-order chi connectivity index (χ1) is 13.2. The van der Waals surface area contributed by atoms with Crippen LogP contribution in [0.15, 0.2) is 35.2 Å². The minimum atomic E-state index is -3.87. The van der Waals surface area contributed by atoms with Crippen LogP contribution in [0.25, 0.3) is 10.2 Å². The van der Waals surface area contributed by atoms with Crippen molar-refractivity contribution in [2.24, 2.45) is 0 Å². The Hall–Kier alpha value is -1.78. The van der Waals surface area contributed by atoms with Gasteiger partial charge in [0.25, 0.3) is 5.91 Å². The van der Waals surface area contributed by atoms with Gasteiger partial charge in [0.1, 0.15) is 10.7 Å². The van der Waals surface area contributed by atoms with Gasteiger partial charge in [0.15, 0.2) is 5.13 Å². The number of fused-ring (bicyclic) bond motifs is 1. The Morgan fingerprint density at radius 2 is 1.93 bits per heavy atom. The molecule has 1 amide bonds. The van der Waals surface area contributed by atoms with E-state index in [1.165, 1.54) is 24.3 Å². The van der Waals surface area contributed by atoms with Gasteiger partial charge >= 0.3 is 0 Å². The summed E-state index contributed by atoms with van der Waals surface area (Å²) < 4.78 is 41.4. The topological polar surface area (TPSA) is 88.2 Å². The molecule has 0 radical (unpaired) electrons. The van der Waals surface area contributed by atoms with Crippen LogP contribution < -0.4 is 10.0 Å². The molecule has 1 saturated carbocycles. The highest BCUT2D eigenvalue weighted by Crippen LogP contribution is 2.32. The van der Waals surface area contributed by atoms with Crippen LogP contribution in [-0.4, -0.2) is 25.4 Å². The number of hydrogen-bond acceptors (Lipinski definition) is 5. The van der Waals surface area contributed by atoms with E-state index in [0.29, 0.717) is 10.2 Å². The molecule has 0 bridgehead atoms. The summed E-state index contributed by atoms with van der Waals surface area (Å²) in [5.74, 6) is -1.06. The third-order valence-corrected chi connectivity index (χ3v) is 7.26. The van der Waals surface area contributed by atoms with Gasteiger partial charge in [0.05, 0.1) is 25.8 Å². The zero-order valence-electron chi connectivity index (χ0n) is 14.0. The second-order valence-corrected chi connectivity index (χ2v) is 9.77. The highest BCUT2D eigenvalue weighted by Gasteiger charge is 2.30. The van der Waals surface area contributed by atoms with E-state index in [1.54, 1.807) is 0 Å². The maximum atomic E-state index is 13.3. The van der Waals surface area contributed by atoms with Crippen molar-refractivity contribution in [1.82, 2.24) is 9.71 Å². The van der Waals surface area contributed by atoms with E-state index in [1.807, 2.05) is 0 Å². The van der Waals surface area contributed by atoms with Gasteiger partial charge in [-0.05, 0) is 43.2 Å². The number of halogens is 3. The first-order valence-corrected chi connectivity index (χ1v) is 11.2. The molecule has 0 aliphatic heterocycles. The normalized spacial score (nSPS) is 14.4. The fourth-order valence-corrected chi connectivity index (χ4v) is 5.56. The van der Waals surface area contributed by atoms with E-state index in [2.05, 4.69) is 15.0 Å². The van der Waals surface area contributed by atoms with Crippen molar-refractivity contribution >= 4 is 65.8 Å². The number of hydrogen-bond donors (Lipinski definition) is 2. The summed E-state index contributed by atoms with van der Waals surface area (Å²) in [4.78, 5) is 16.6. The van der Waals surface area contributed by atoms with Crippen molar-refractivity contribution in [3.05, 3.63) is 51.8 Å². The number of nitrogens with zero attached hydrogens (tertiary/aromatic N) is 1. The van der Waals surface area contributed by atoms with Crippen LogP contribution in [0.3, 0.4) is 0 Å². The lowest BCUT2D eigenvalue weighted by molar-refractivity contribution is 0.102. The van der Waals surface area contributed by atoms with Crippen LogP contribution in [0, 0.1) is 5.82 Å². The van der Waals surface area contributed by atoms with Crippen LogP contribution in [0.4, 0.5) is 9.52 Å². The number of carbonyl (C=O) groups excluding carboxylic acids is 1. The van der Waals surface area contributed by atoms with Crippen molar-refractivity contribution in [3.63, 3.8) is 0 Å². The quantitative estimate of drug-likeness (QED) is 0.590. The number of anilines is 1. The molecule has 11 heteroatoms. The molecule has 28 heavy (non-hydrogen) atoms. The number of benzene rings is 2. The van der Waals surface area contributed by atoms with Crippen LogP contribution in [0.1, 0.15) is 23.2 Å². The Morgan fingerprint density at radius 1 is 1.18 bits per heavy atom. The van der Waals surface area contributed by atoms with Gasteiger partial charge in [-0.15, -0.1) is 0 Å². The molecule has 1 heterocycles. The van der Waals surface area contributed by atoms with E-state index in [9.17, 15) is 17.6 Å². The monoisotopic (exact) mass is 459 g/mol. The van der Waals surface area contributed by atoms with Gasteiger partial charge in [-0.2, -0.15) is 0 Å². The van der Waals surface area contributed by atoms with Gasteiger partial charge in [0, 0.05) is 6.04 Å². The molecule has 3 aromatic rings. The number of sulfonamides is 1. The summed E-state index contributed by atoms with van der Waals surface area (Å²) in [7, 11) is -3.87. The average Bonchev–Trinajstić information content (AvgIpc) is 3.31. The Morgan fingerprint density at radius 3 is 2.64 bits per heavy atom. The van der Waals surface area contributed by atoms with Crippen molar-refractivity contribution in [1.29, 1.82) is 0 Å². The lowest BCUT2D eigenvalue weighted by atomic mass is 10.2. The van der Waals surface area contributed by atoms with E-state index in [4.69, 9.17) is 23.2 Å². The molecule has 2 N–H and O–H groups in total. The number of nitrogens with one attached hydrogen (secondary N) is 2. The average molecular weight is 460 g/mol. The molecule has 6 nitrogen and oxygen atoms in total. The highest BCUT2D eigenvalue weighted by atomic mass is 35.5. The van der Waals surface area contributed by atoms with Gasteiger partial charge in [-0.1, -0.05) is 34.5 Å². The Bertz CT molecular complexity index is 1210. The molecule has 0 saturated heterocycles. The van der Waals surface area contributed by atoms with Gasteiger partial charge in [-0.3, -0.25) is 10.1 Å². The number of amides is 1. The first kappa shape index (κ1) is 19.5. The van der Waals surface area contributed by atoms with E-state index < -0.39 is 21.7 Å². The molecule has 4 rings (SSSR count). The maximum Gasteiger partial charge on any atom is 0.259 e. The number of aromatic nitrogens is 1. The maximum absolute atomic E-state index is 13.3. The van der Waals surface area contributed by atoms with Crippen LogP contribution >= 0.6 is 34.5 Å². The van der Waals surface area contributed by atoms with E-state index in [-0.39, 0.29) is 31.7 Å².